The van der Waals surface area contributed by atoms with Gasteiger partial charge < -0.3 is 10.6 Å². The maximum atomic E-state index is 13.4. The van der Waals surface area contributed by atoms with E-state index in [9.17, 15) is 18.0 Å². The van der Waals surface area contributed by atoms with Gasteiger partial charge in [-0.1, -0.05) is 0 Å². The van der Waals surface area contributed by atoms with Gasteiger partial charge in [0.15, 0.2) is 17.5 Å². The standard InChI is InChI=1S/C13H10F3N3O/c1-7(20)18-8-2-5-11(17-6-8)19-10-4-3-9(14)12(15)13(10)16/h2-6H,1H3,(H,17,19)(H,18,20). The lowest BCUT2D eigenvalue weighted by atomic mass is 10.2. The fourth-order valence-electron chi connectivity index (χ4n) is 1.51. The molecule has 0 saturated heterocycles. The summed E-state index contributed by atoms with van der Waals surface area (Å²) in [6, 6.07) is 4.88. The molecule has 2 rings (SSSR count). The van der Waals surface area contributed by atoms with Gasteiger partial charge in [-0.25, -0.2) is 18.2 Å². The van der Waals surface area contributed by atoms with Crippen molar-refractivity contribution in [3.63, 3.8) is 0 Å². The molecule has 104 valence electrons. The van der Waals surface area contributed by atoms with E-state index >= 15 is 0 Å². The molecule has 0 saturated carbocycles. The van der Waals surface area contributed by atoms with Crippen molar-refractivity contribution >= 4 is 23.1 Å². The topological polar surface area (TPSA) is 54.0 Å². The summed E-state index contributed by atoms with van der Waals surface area (Å²) in [5, 5.41) is 5.03. The van der Waals surface area contributed by atoms with Gasteiger partial charge in [-0.2, -0.15) is 0 Å². The molecular formula is C13H10F3N3O. The molecule has 2 N–H and O–H groups in total. The van der Waals surface area contributed by atoms with Crippen molar-refractivity contribution in [3.05, 3.63) is 47.9 Å². The van der Waals surface area contributed by atoms with Crippen LogP contribution in [0.25, 0.3) is 0 Å². The van der Waals surface area contributed by atoms with Gasteiger partial charge >= 0.3 is 0 Å². The van der Waals surface area contributed by atoms with Gasteiger partial charge in [0.05, 0.1) is 17.6 Å². The molecule has 4 nitrogen and oxygen atoms in total. The first-order chi connectivity index (χ1) is 9.47. The molecule has 2 aromatic rings. The van der Waals surface area contributed by atoms with E-state index in [4.69, 9.17) is 0 Å². The van der Waals surface area contributed by atoms with Crippen LogP contribution in [0.5, 0.6) is 0 Å². The van der Waals surface area contributed by atoms with Crippen LogP contribution in [0.1, 0.15) is 6.92 Å². The molecule has 0 unspecified atom stereocenters. The minimum atomic E-state index is -1.55. The second kappa shape index (κ2) is 5.60. The van der Waals surface area contributed by atoms with Gasteiger partial charge in [0.2, 0.25) is 5.91 Å². The van der Waals surface area contributed by atoms with E-state index in [0.29, 0.717) is 5.69 Å². The molecule has 0 aliphatic heterocycles. The Balaban J connectivity index is 2.18. The predicted octanol–water partition coefficient (Wildman–Crippen LogP) is 3.20. The molecule has 7 heteroatoms. The molecule has 20 heavy (non-hydrogen) atoms. The lowest BCUT2D eigenvalue weighted by molar-refractivity contribution is -0.114. The minimum Gasteiger partial charge on any atom is -0.338 e. The van der Waals surface area contributed by atoms with Gasteiger partial charge in [-0.15, -0.1) is 0 Å². The first-order valence-corrected chi connectivity index (χ1v) is 5.61. The largest absolute Gasteiger partial charge is 0.338 e. The molecule has 0 aliphatic rings. The van der Waals surface area contributed by atoms with Crippen LogP contribution in [-0.4, -0.2) is 10.9 Å². The highest BCUT2D eigenvalue weighted by molar-refractivity contribution is 5.88. The average molecular weight is 281 g/mol. The van der Waals surface area contributed by atoms with Crippen molar-refractivity contribution in [3.8, 4) is 0 Å². The number of rotatable bonds is 3. The van der Waals surface area contributed by atoms with Gasteiger partial charge in [0.1, 0.15) is 5.82 Å². The van der Waals surface area contributed by atoms with Crippen LogP contribution in [0, 0.1) is 17.5 Å². The zero-order valence-corrected chi connectivity index (χ0v) is 10.4. The third kappa shape index (κ3) is 3.05. The number of amides is 1. The summed E-state index contributed by atoms with van der Waals surface area (Å²) < 4.78 is 39.3. The monoisotopic (exact) mass is 281 g/mol. The quantitative estimate of drug-likeness (QED) is 0.849. The Morgan fingerprint density at radius 1 is 1.10 bits per heavy atom. The zero-order valence-electron chi connectivity index (χ0n) is 10.4. The van der Waals surface area contributed by atoms with Crippen molar-refractivity contribution in [1.82, 2.24) is 4.98 Å². The summed E-state index contributed by atoms with van der Waals surface area (Å²) in [5.41, 5.74) is 0.234. The summed E-state index contributed by atoms with van der Waals surface area (Å²) in [7, 11) is 0. The van der Waals surface area contributed by atoms with Crippen LogP contribution < -0.4 is 10.6 Å². The molecule has 0 fully saturated rings. The fourth-order valence-corrected chi connectivity index (χ4v) is 1.51. The van der Waals surface area contributed by atoms with Crippen LogP contribution in [0.3, 0.4) is 0 Å². The van der Waals surface area contributed by atoms with Crippen molar-refractivity contribution < 1.29 is 18.0 Å². The first-order valence-electron chi connectivity index (χ1n) is 5.61. The number of nitrogens with zero attached hydrogens (tertiary/aromatic N) is 1. The maximum Gasteiger partial charge on any atom is 0.221 e. The summed E-state index contributed by atoms with van der Waals surface area (Å²) in [5.74, 6) is -4.16. The normalized spacial score (nSPS) is 10.2. The molecule has 1 aromatic carbocycles. The molecular weight excluding hydrogens is 271 g/mol. The Kier molecular flexibility index (Phi) is 3.88. The average Bonchev–Trinajstić information content (AvgIpc) is 2.41. The number of carbonyl (C=O) groups excluding carboxylic acids is 1. The van der Waals surface area contributed by atoms with Crippen LogP contribution in [0.4, 0.5) is 30.4 Å². The van der Waals surface area contributed by atoms with Crippen molar-refractivity contribution in [2.45, 2.75) is 6.92 Å². The van der Waals surface area contributed by atoms with Crippen molar-refractivity contribution in [1.29, 1.82) is 0 Å². The molecule has 1 heterocycles. The summed E-state index contributed by atoms with van der Waals surface area (Å²) in [6.45, 7) is 1.35. The lowest BCUT2D eigenvalue weighted by Crippen LogP contribution is -2.06. The third-order valence-corrected chi connectivity index (χ3v) is 2.38. The van der Waals surface area contributed by atoms with E-state index in [1.165, 1.54) is 25.3 Å². The van der Waals surface area contributed by atoms with Crippen molar-refractivity contribution in [2.75, 3.05) is 10.6 Å². The Bertz CT molecular complexity index is 644. The number of benzene rings is 1. The van der Waals surface area contributed by atoms with Crippen molar-refractivity contribution in [2.24, 2.45) is 0 Å². The number of halogens is 3. The first kappa shape index (κ1) is 13.9. The number of nitrogens with one attached hydrogen (secondary N) is 2. The summed E-state index contributed by atoms with van der Waals surface area (Å²) >= 11 is 0. The van der Waals surface area contributed by atoms with E-state index < -0.39 is 17.5 Å². The predicted molar refractivity (Wildman–Crippen MR) is 68.1 cm³/mol. The lowest BCUT2D eigenvalue weighted by Gasteiger charge is -2.08. The highest BCUT2D eigenvalue weighted by Gasteiger charge is 2.13. The second-order valence-corrected chi connectivity index (χ2v) is 3.96. The second-order valence-electron chi connectivity index (χ2n) is 3.96. The number of carbonyl (C=O) groups is 1. The number of hydrogen-bond donors (Lipinski definition) is 2. The third-order valence-electron chi connectivity index (χ3n) is 2.38. The zero-order chi connectivity index (χ0) is 14.7. The molecule has 1 amide bonds. The van der Waals surface area contributed by atoms with Crippen LogP contribution in [0.2, 0.25) is 0 Å². The van der Waals surface area contributed by atoms with Crippen LogP contribution in [0.15, 0.2) is 30.5 Å². The molecule has 0 aliphatic carbocycles. The Morgan fingerprint density at radius 2 is 1.85 bits per heavy atom. The number of anilines is 3. The molecule has 0 spiro atoms. The minimum absolute atomic E-state index is 0.226. The SMILES string of the molecule is CC(=O)Nc1ccc(Nc2ccc(F)c(F)c2F)nc1. The van der Waals surface area contributed by atoms with Gasteiger partial charge in [-0.3, -0.25) is 4.79 Å². The fraction of sp³-hybridized carbons (Fsp3) is 0.0769. The number of aromatic nitrogens is 1. The van der Waals surface area contributed by atoms with Gasteiger partial charge in [0, 0.05) is 6.92 Å². The van der Waals surface area contributed by atoms with E-state index in [0.717, 1.165) is 12.1 Å². The summed E-state index contributed by atoms with van der Waals surface area (Å²) in [6.07, 6.45) is 1.35. The molecule has 0 atom stereocenters. The Morgan fingerprint density at radius 3 is 2.45 bits per heavy atom. The molecule has 1 aromatic heterocycles. The van der Waals surface area contributed by atoms with Gasteiger partial charge in [0.25, 0.3) is 0 Å². The van der Waals surface area contributed by atoms with E-state index in [1.54, 1.807) is 0 Å². The molecule has 0 bridgehead atoms. The Labute approximate surface area is 112 Å². The maximum absolute atomic E-state index is 13.4. The van der Waals surface area contributed by atoms with Gasteiger partial charge in [-0.05, 0) is 24.3 Å². The van der Waals surface area contributed by atoms with E-state index in [2.05, 4.69) is 15.6 Å². The number of hydrogen-bond acceptors (Lipinski definition) is 3. The Hall–Kier alpha value is -2.57. The molecule has 0 radical (unpaired) electrons. The highest BCUT2D eigenvalue weighted by Crippen LogP contribution is 2.23. The number of pyridine rings is 1. The summed E-state index contributed by atoms with van der Waals surface area (Å²) in [4.78, 5) is 14.7. The van der Waals surface area contributed by atoms with Crippen LogP contribution >= 0.6 is 0 Å². The van der Waals surface area contributed by atoms with E-state index in [-0.39, 0.29) is 17.4 Å². The smallest absolute Gasteiger partial charge is 0.221 e. The van der Waals surface area contributed by atoms with E-state index in [1.807, 2.05) is 0 Å². The van der Waals surface area contributed by atoms with Crippen LogP contribution in [-0.2, 0) is 4.79 Å². The highest BCUT2D eigenvalue weighted by atomic mass is 19.2.